The van der Waals surface area contributed by atoms with Crippen molar-refractivity contribution in [2.75, 3.05) is 39.6 Å². The van der Waals surface area contributed by atoms with Gasteiger partial charge in [0.15, 0.2) is 12.2 Å². The normalized spacial score (nSPS) is 15.1. The predicted molar refractivity (Wildman–Crippen MR) is 409 cm³/mol. The van der Waals surface area contributed by atoms with Crippen molar-refractivity contribution < 1.29 is 80.2 Å². The van der Waals surface area contributed by atoms with Gasteiger partial charge in [-0.2, -0.15) is 0 Å². The van der Waals surface area contributed by atoms with Crippen LogP contribution < -0.4 is 0 Å². The topological polar surface area (TPSA) is 237 Å². The van der Waals surface area contributed by atoms with E-state index in [0.717, 1.165) is 120 Å². The third-order valence-electron chi connectivity index (χ3n) is 20.3. The van der Waals surface area contributed by atoms with Gasteiger partial charge in [-0.1, -0.05) is 364 Å². The minimum Gasteiger partial charge on any atom is -0.462 e. The van der Waals surface area contributed by atoms with E-state index in [9.17, 15) is 43.2 Å². The number of hydrogen-bond acceptors (Lipinski definition) is 15. The molecule has 0 bridgehead atoms. The highest BCUT2D eigenvalue weighted by Gasteiger charge is 2.30. The molecule has 9 atom stereocenters. The average molecular weight is 1470 g/mol. The molecule has 0 radical (unpaired) electrons. The van der Waals surface area contributed by atoms with Crippen LogP contribution in [0, 0.1) is 23.7 Å². The fraction of sp³-hybridized carbons (Fsp3) is 0.951. The molecular weight excluding hydrogens is 1310 g/mol. The summed E-state index contributed by atoms with van der Waals surface area (Å²) in [5.41, 5.74) is 0. The number of phosphoric ester groups is 2. The first kappa shape index (κ1) is 98.1. The second kappa shape index (κ2) is 70.1. The van der Waals surface area contributed by atoms with Gasteiger partial charge in [0.2, 0.25) is 0 Å². The number of hydrogen-bond donors (Lipinski definition) is 3. The van der Waals surface area contributed by atoms with E-state index in [0.29, 0.717) is 25.7 Å². The maximum atomic E-state index is 13.1. The molecular formula is C81H158O17P2. The Morgan fingerprint density at radius 1 is 0.270 bits per heavy atom. The second-order valence-corrected chi connectivity index (χ2v) is 33.0. The number of rotatable bonds is 78. The Balaban J connectivity index is 5.24. The molecule has 0 amide bonds. The van der Waals surface area contributed by atoms with Gasteiger partial charge in [-0.15, -0.1) is 0 Å². The van der Waals surface area contributed by atoms with Gasteiger partial charge in [-0.25, -0.2) is 9.13 Å². The summed E-state index contributed by atoms with van der Waals surface area (Å²) in [4.78, 5) is 73.0. The molecule has 6 unspecified atom stereocenters. The van der Waals surface area contributed by atoms with Gasteiger partial charge in [-0.3, -0.25) is 37.3 Å². The standard InChI is InChI=1S/C81H158O17P2/c1-9-71(5)57-49-41-33-27-21-17-13-15-19-23-30-36-45-53-61-78(83)91-67-76(97-81(86)64-56-48-38-32-26-25-29-35-43-51-59-73(7)11-3)69-95-99(87,88)93-65-75(82)66-94-100(89,90)96-70-77(68-92-79(84)62-54-46-40-39-44-52-60-74(8)12-4)98-80(85)63-55-47-37-31-24-20-16-14-18-22-28-34-42-50-58-72(6)10-2/h71-77,82H,9-70H2,1-8H3,(H,87,88)(H,89,90)/t71?,72?,73?,74?,75-,76-,77-/m1/s1. The quantitative estimate of drug-likeness (QED) is 0.0222. The maximum absolute atomic E-state index is 13.1. The lowest BCUT2D eigenvalue weighted by molar-refractivity contribution is -0.161. The first-order valence-corrected chi connectivity index (χ1v) is 44.8. The fourth-order valence-electron chi connectivity index (χ4n) is 12.3. The minimum absolute atomic E-state index is 0.106. The van der Waals surface area contributed by atoms with Crippen molar-refractivity contribution >= 4 is 39.5 Å². The third-order valence-corrected chi connectivity index (χ3v) is 22.2. The van der Waals surface area contributed by atoms with Crippen LogP contribution in [0.1, 0.15) is 415 Å². The molecule has 0 aliphatic carbocycles. The van der Waals surface area contributed by atoms with E-state index in [4.69, 9.17) is 37.0 Å². The van der Waals surface area contributed by atoms with E-state index < -0.39 is 97.5 Å². The molecule has 0 aromatic heterocycles. The van der Waals surface area contributed by atoms with Crippen molar-refractivity contribution in [1.29, 1.82) is 0 Å². The van der Waals surface area contributed by atoms with E-state index in [1.165, 1.54) is 212 Å². The molecule has 0 aromatic carbocycles. The number of carbonyl (C=O) groups excluding carboxylic acids is 4. The summed E-state index contributed by atoms with van der Waals surface area (Å²) in [5.74, 6) is 1.11. The van der Waals surface area contributed by atoms with Crippen LogP contribution in [0.4, 0.5) is 0 Å². The number of phosphoric acid groups is 2. The maximum Gasteiger partial charge on any atom is 0.472 e. The molecule has 0 rings (SSSR count). The zero-order chi connectivity index (χ0) is 73.8. The van der Waals surface area contributed by atoms with E-state index in [2.05, 4.69) is 55.4 Å². The lowest BCUT2D eigenvalue weighted by atomic mass is 9.99. The monoisotopic (exact) mass is 1470 g/mol. The molecule has 0 saturated carbocycles. The van der Waals surface area contributed by atoms with Gasteiger partial charge < -0.3 is 33.8 Å². The summed E-state index contributed by atoms with van der Waals surface area (Å²) in [6, 6.07) is 0. The van der Waals surface area contributed by atoms with Crippen molar-refractivity contribution in [2.24, 2.45) is 23.7 Å². The molecule has 0 aromatic rings. The van der Waals surface area contributed by atoms with Crippen LogP contribution in [0.15, 0.2) is 0 Å². The fourth-order valence-corrected chi connectivity index (χ4v) is 13.9. The summed E-state index contributed by atoms with van der Waals surface area (Å²) in [5, 5.41) is 10.6. The summed E-state index contributed by atoms with van der Waals surface area (Å²) >= 11 is 0. The highest BCUT2D eigenvalue weighted by atomic mass is 31.2. The summed E-state index contributed by atoms with van der Waals surface area (Å²) < 4.78 is 68.7. The van der Waals surface area contributed by atoms with Crippen LogP contribution in [0.2, 0.25) is 0 Å². The van der Waals surface area contributed by atoms with Gasteiger partial charge in [0, 0.05) is 25.7 Å². The van der Waals surface area contributed by atoms with E-state index in [-0.39, 0.29) is 25.7 Å². The smallest absolute Gasteiger partial charge is 0.462 e. The molecule has 0 fully saturated rings. The molecule has 594 valence electrons. The molecule has 0 heterocycles. The van der Waals surface area contributed by atoms with Crippen molar-refractivity contribution in [3.63, 3.8) is 0 Å². The third kappa shape index (κ3) is 69.1. The molecule has 0 saturated heterocycles. The Labute approximate surface area is 613 Å². The highest BCUT2D eigenvalue weighted by Crippen LogP contribution is 2.45. The number of ether oxygens (including phenoxy) is 4. The van der Waals surface area contributed by atoms with E-state index in [1.54, 1.807) is 0 Å². The molecule has 19 heteroatoms. The largest absolute Gasteiger partial charge is 0.472 e. The predicted octanol–water partition coefficient (Wildman–Crippen LogP) is 24.0. The van der Waals surface area contributed by atoms with Crippen molar-refractivity contribution in [1.82, 2.24) is 0 Å². The lowest BCUT2D eigenvalue weighted by Gasteiger charge is -2.21. The number of aliphatic hydroxyl groups excluding tert-OH is 1. The van der Waals surface area contributed by atoms with E-state index >= 15 is 0 Å². The molecule has 3 N–H and O–H groups in total. The van der Waals surface area contributed by atoms with Crippen LogP contribution in [0.25, 0.3) is 0 Å². The summed E-state index contributed by atoms with van der Waals surface area (Å²) in [7, 11) is -9.92. The molecule has 0 aliphatic heterocycles. The van der Waals surface area contributed by atoms with Crippen LogP contribution >= 0.6 is 15.6 Å². The first-order valence-electron chi connectivity index (χ1n) is 41.9. The van der Waals surface area contributed by atoms with E-state index in [1.807, 2.05) is 0 Å². The Kier molecular flexibility index (Phi) is 68.7. The Morgan fingerprint density at radius 3 is 0.660 bits per heavy atom. The lowest BCUT2D eigenvalue weighted by Crippen LogP contribution is -2.30. The van der Waals surface area contributed by atoms with Crippen molar-refractivity contribution in [3.05, 3.63) is 0 Å². The average Bonchev–Trinajstić information content (AvgIpc) is 1.58. The Bertz CT molecular complexity index is 1960. The summed E-state index contributed by atoms with van der Waals surface area (Å²) in [6.45, 7) is 14.3. The first-order chi connectivity index (χ1) is 48.2. The van der Waals surface area contributed by atoms with Crippen LogP contribution in [-0.4, -0.2) is 96.7 Å². The number of aliphatic hydroxyl groups is 1. The molecule has 0 aliphatic rings. The van der Waals surface area contributed by atoms with Crippen LogP contribution in [-0.2, 0) is 65.4 Å². The van der Waals surface area contributed by atoms with Gasteiger partial charge in [0.05, 0.1) is 26.4 Å². The van der Waals surface area contributed by atoms with Gasteiger partial charge in [0.1, 0.15) is 19.3 Å². The number of unbranched alkanes of at least 4 members (excludes halogenated alkanes) is 40. The SMILES string of the molecule is CCC(C)CCCCCCCCCCCCCCCCC(=O)OC[C@H](COP(=O)(O)OC[C@@H](O)COP(=O)(O)OC[C@@H](COC(=O)CCCCCCCCC(C)CC)OC(=O)CCCCCCCCCCCCCCCCC(C)CC)OC(=O)CCCCCCCCCCCCC(C)CC. The Morgan fingerprint density at radius 2 is 0.450 bits per heavy atom. The van der Waals surface area contributed by atoms with Crippen LogP contribution in [0.5, 0.6) is 0 Å². The number of esters is 4. The Hall–Kier alpha value is -1.94. The van der Waals surface area contributed by atoms with Gasteiger partial charge in [0.25, 0.3) is 0 Å². The molecule has 0 spiro atoms. The molecule has 100 heavy (non-hydrogen) atoms. The van der Waals surface area contributed by atoms with Crippen molar-refractivity contribution in [2.45, 2.75) is 433 Å². The number of carbonyl (C=O) groups is 4. The minimum atomic E-state index is -4.96. The van der Waals surface area contributed by atoms with Crippen LogP contribution in [0.3, 0.4) is 0 Å². The van der Waals surface area contributed by atoms with Crippen molar-refractivity contribution in [3.8, 4) is 0 Å². The summed E-state index contributed by atoms with van der Waals surface area (Å²) in [6.07, 6.45) is 56.7. The second-order valence-electron chi connectivity index (χ2n) is 30.1. The highest BCUT2D eigenvalue weighted by molar-refractivity contribution is 7.47. The zero-order valence-electron chi connectivity index (χ0n) is 65.8. The zero-order valence-corrected chi connectivity index (χ0v) is 67.6. The molecule has 17 nitrogen and oxygen atoms in total. The van der Waals surface area contributed by atoms with Gasteiger partial charge >= 0.3 is 39.5 Å². The van der Waals surface area contributed by atoms with Gasteiger partial charge in [-0.05, 0) is 49.4 Å².